The van der Waals surface area contributed by atoms with Crippen LogP contribution in [-0.2, 0) is 28.9 Å². The zero-order chi connectivity index (χ0) is 22.9. The van der Waals surface area contributed by atoms with Gasteiger partial charge in [-0.2, -0.15) is 0 Å². The van der Waals surface area contributed by atoms with Crippen LogP contribution in [-0.4, -0.2) is 40.5 Å². The Bertz CT molecular complexity index is 1240. The van der Waals surface area contributed by atoms with Gasteiger partial charge in [0.15, 0.2) is 5.16 Å². The lowest BCUT2D eigenvalue weighted by molar-refractivity contribution is -0.116. The van der Waals surface area contributed by atoms with Crippen LogP contribution in [0.15, 0.2) is 34.2 Å². The third kappa shape index (κ3) is 4.36. The molecule has 0 N–H and O–H groups in total. The molecule has 1 atom stereocenters. The summed E-state index contributed by atoms with van der Waals surface area (Å²) in [6.45, 7) is 6.09. The molecule has 174 valence electrons. The van der Waals surface area contributed by atoms with Crippen molar-refractivity contribution in [2.75, 3.05) is 23.8 Å². The van der Waals surface area contributed by atoms with E-state index in [1.165, 1.54) is 17.3 Å². The average Bonchev–Trinajstić information content (AvgIpc) is 3.46. The number of rotatable bonds is 6. The summed E-state index contributed by atoms with van der Waals surface area (Å²) >= 11 is 2.94. The fourth-order valence-corrected chi connectivity index (χ4v) is 6.96. The van der Waals surface area contributed by atoms with Crippen LogP contribution < -0.4 is 10.5 Å². The molecule has 6 nitrogen and oxygen atoms in total. The van der Waals surface area contributed by atoms with Gasteiger partial charge in [0.05, 0.1) is 23.8 Å². The van der Waals surface area contributed by atoms with Crippen LogP contribution in [0.1, 0.15) is 42.2 Å². The van der Waals surface area contributed by atoms with Gasteiger partial charge in [-0.1, -0.05) is 36.9 Å². The SMILES string of the molecule is CCc1c(C)sc2nc(SCC(=O)N3CCCc4ccccc43)n(CC3CCCO3)c(=O)c12. The fourth-order valence-electron chi connectivity index (χ4n) is 4.92. The quantitative estimate of drug-likeness (QED) is 0.379. The number of aromatic nitrogens is 2. The van der Waals surface area contributed by atoms with Crippen molar-refractivity contribution in [1.82, 2.24) is 9.55 Å². The van der Waals surface area contributed by atoms with Crippen molar-refractivity contribution >= 4 is 44.9 Å². The molecule has 2 aliphatic heterocycles. The van der Waals surface area contributed by atoms with E-state index in [1.54, 1.807) is 15.9 Å². The molecule has 1 amide bonds. The Labute approximate surface area is 202 Å². The summed E-state index contributed by atoms with van der Waals surface area (Å²) in [6, 6.07) is 8.13. The number of hydrogen-bond acceptors (Lipinski definition) is 6. The van der Waals surface area contributed by atoms with Gasteiger partial charge in [-0.3, -0.25) is 14.2 Å². The second kappa shape index (κ2) is 9.60. The molecule has 1 saturated heterocycles. The highest BCUT2D eigenvalue weighted by Gasteiger charge is 2.25. The Balaban J connectivity index is 1.46. The normalized spacial score (nSPS) is 18.1. The van der Waals surface area contributed by atoms with Crippen LogP contribution in [0.4, 0.5) is 5.69 Å². The van der Waals surface area contributed by atoms with Crippen molar-refractivity contribution in [3.05, 3.63) is 50.6 Å². The molecule has 2 aliphatic rings. The molecule has 33 heavy (non-hydrogen) atoms. The summed E-state index contributed by atoms with van der Waals surface area (Å²) in [5, 5.41) is 1.35. The lowest BCUT2D eigenvalue weighted by atomic mass is 10.0. The molecule has 2 aromatic heterocycles. The van der Waals surface area contributed by atoms with E-state index < -0.39 is 0 Å². The van der Waals surface area contributed by atoms with Gasteiger partial charge in [-0.15, -0.1) is 11.3 Å². The van der Waals surface area contributed by atoms with E-state index in [0.29, 0.717) is 11.7 Å². The third-order valence-corrected chi connectivity index (χ3v) is 8.58. The van der Waals surface area contributed by atoms with Gasteiger partial charge in [0.1, 0.15) is 4.83 Å². The van der Waals surface area contributed by atoms with Crippen molar-refractivity contribution in [3.63, 3.8) is 0 Å². The standard InChI is InChI=1S/C25H29N3O3S2/c1-3-19-16(2)33-23-22(19)24(30)28(14-18-10-7-13-31-18)25(26-23)32-15-21(29)27-12-6-9-17-8-4-5-11-20(17)27/h4-5,8,11,18H,3,6-7,9-10,12-15H2,1-2H3. The number of carbonyl (C=O) groups excluding carboxylic acids is 1. The number of para-hydroxylation sites is 1. The highest BCUT2D eigenvalue weighted by molar-refractivity contribution is 7.99. The van der Waals surface area contributed by atoms with Crippen LogP contribution in [0.25, 0.3) is 10.2 Å². The van der Waals surface area contributed by atoms with E-state index in [4.69, 9.17) is 9.72 Å². The van der Waals surface area contributed by atoms with Crippen molar-refractivity contribution in [1.29, 1.82) is 0 Å². The molecule has 1 unspecified atom stereocenters. The van der Waals surface area contributed by atoms with Crippen molar-refractivity contribution in [3.8, 4) is 0 Å². The summed E-state index contributed by atoms with van der Waals surface area (Å²) in [6.07, 6.45) is 4.76. The molecule has 0 aliphatic carbocycles. The molecule has 0 spiro atoms. The smallest absolute Gasteiger partial charge is 0.263 e. The van der Waals surface area contributed by atoms with Gasteiger partial charge in [-0.25, -0.2) is 4.98 Å². The number of benzene rings is 1. The van der Waals surface area contributed by atoms with Gasteiger partial charge >= 0.3 is 0 Å². The second-order valence-corrected chi connectivity index (χ2v) is 10.8. The fraction of sp³-hybridized carbons (Fsp3) is 0.480. The van der Waals surface area contributed by atoms with Crippen LogP contribution in [0.2, 0.25) is 0 Å². The first kappa shape index (κ1) is 22.6. The highest BCUT2D eigenvalue weighted by Crippen LogP contribution is 2.31. The third-order valence-electron chi connectivity index (χ3n) is 6.58. The minimum absolute atomic E-state index is 0.00466. The summed E-state index contributed by atoms with van der Waals surface area (Å²) in [7, 11) is 0. The van der Waals surface area contributed by atoms with Gasteiger partial charge in [0.2, 0.25) is 5.91 Å². The molecule has 5 rings (SSSR count). The Morgan fingerprint density at radius 3 is 2.94 bits per heavy atom. The number of nitrogens with zero attached hydrogens (tertiary/aromatic N) is 3. The largest absolute Gasteiger partial charge is 0.376 e. The lowest BCUT2D eigenvalue weighted by Gasteiger charge is -2.29. The maximum Gasteiger partial charge on any atom is 0.263 e. The Hall–Kier alpha value is -2.16. The Kier molecular flexibility index (Phi) is 6.58. The number of fused-ring (bicyclic) bond motifs is 2. The van der Waals surface area contributed by atoms with E-state index in [0.717, 1.165) is 71.6 Å². The zero-order valence-electron chi connectivity index (χ0n) is 19.1. The first-order chi connectivity index (χ1) is 16.1. The van der Waals surface area contributed by atoms with Gasteiger partial charge in [0, 0.05) is 23.7 Å². The van der Waals surface area contributed by atoms with E-state index >= 15 is 0 Å². The maximum absolute atomic E-state index is 13.6. The predicted molar refractivity (Wildman–Crippen MR) is 135 cm³/mol. The first-order valence-electron chi connectivity index (χ1n) is 11.7. The summed E-state index contributed by atoms with van der Waals surface area (Å²) < 4.78 is 7.59. The first-order valence-corrected chi connectivity index (χ1v) is 13.5. The number of aryl methyl sites for hydroxylation is 3. The summed E-state index contributed by atoms with van der Waals surface area (Å²) in [4.78, 5) is 35.5. The van der Waals surface area contributed by atoms with Gasteiger partial charge in [-0.05, 0) is 56.2 Å². The van der Waals surface area contributed by atoms with E-state index in [1.807, 2.05) is 23.1 Å². The lowest BCUT2D eigenvalue weighted by Crippen LogP contribution is -2.37. The molecule has 0 bridgehead atoms. The highest BCUT2D eigenvalue weighted by atomic mass is 32.2. The molecule has 1 aromatic carbocycles. The maximum atomic E-state index is 13.6. The number of hydrogen-bond donors (Lipinski definition) is 0. The monoisotopic (exact) mass is 483 g/mol. The van der Waals surface area contributed by atoms with Crippen LogP contribution in [0, 0.1) is 6.92 Å². The second-order valence-electron chi connectivity index (χ2n) is 8.68. The van der Waals surface area contributed by atoms with Crippen molar-refractivity contribution < 1.29 is 9.53 Å². The number of anilines is 1. The predicted octanol–water partition coefficient (Wildman–Crippen LogP) is 4.58. The van der Waals surface area contributed by atoms with E-state index in [9.17, 15) is 9.59 Å². The topological polar surface area (TPSA) is 64.4 Å². The van der Waals surface area contributed by atoms with Crippen LogP contribution >= 0.6 is 23.1 Å². The molecule has 8 heteroatoms. The Morgan fingerprint density at radius 2 is 2.15 bits per heavy atom. The number of amides is 1. The number of carbonyl (C=O) groups is 1. The van der Waals surface area contributed by atoms with Crippen molar-refractivity contribution in [2.24, 2.45) is 0 Å². The number of thiophene rings is 1. The van der Waals surface area contributed by atoms with Gasteiger partial charge < -0.3 is 9.64 Å². The molecule has 3 aromatic rings. The summed E-state index contributed by atoms with van der Waals surface area (Å²) in [5.74, 6) is 0.310. The average molecular weight is 484 g/mol. The van der Waals surface area contributed by atoms with E-state index in [-0.39, 0.29) is 23.3 Å². The molecular formula is C25H29N3O3S2. The molecule has 0 saturated carbocycles. The minimum atomic E-state index is -0.00466. The van der Waals surface area contributed by atoms with Crippen LogP contribution in [0.3, 0.4) is 0 Å². The Morgan fingerprint density at radius 1 is 1.30 bits per heavy atom. The van der Waals surface area contributed by atoms with Crippen LogP contribution in [0.5, 0.6) is 0 Å². The molecule has 0 radical (unpaired) electrons. The molecular weight excluding hydrogens is 454 g/mol. The number of ether oxygens (including phenoxy) is 1. The van der Waals surface area contributed by atoms with Crippen molar-refractivity contribution in [2.45, 2.75) is 63.8 Å². The molecule has 1 fully saturated rings. The zero-order valence-corrected chi connectivity index (χ0v) is 20.8. The van der Waals surface area contributed by atoms with Gasteiger partial charge in [0.25, 0.3) is 5.56 Å². The minimum Gasteiger partial charge on any atom is -0.376 e. The summed E-state index contributed by atoms with van der Waals surface area (Å²) in [5.41, 5.74) is 3.31. The van der Waals surface area contributed by atoms with E-state index in [2.05, 4.69) is 19.9 Å². The number of thioether (sulfide) groups is 1. The molecule has 4 heterocycles.